The number of para-hydroxylation sites is 1. The molecule has 0 fully saturated rings. The lowest BCUT2D eigenvalue weighted by molar-refractivity contribution is 0.414. The van der Waals surface area contributed by atoms with Crippen LogP contribution in [0.4, 0.5) is 0 Å². The normalized spacial score (nSPS) is 13.1. The summed E-state index contributed by atoms with van der Waals surface area (Å²) in [6.07, 6.45) is 0. The summed E-state index contributed by atoms with van der Waals surface area (Å²) in [7, 11) is 1.74. The van der Waals surface area contributed by atoms with Crippen LogP contribution >= 0.6 is 0 Å². The number of fused-ring (bicyclic) bond motifs is 7. The molecule has 0 unspecified atom stereocenters. The third kappa shape index (κ3) is 4.33. The third-order valence-electron chi connectivity index (χ3n) is 10.3. The number of ether oxygens (including phenoxy) is 1. The van der Waals surface area contributed by atoms with E-state index < -0.39 is 0 Å². The molecule has 0 amide bonds. The van der Waals surface area contributed by atoms with Gasteiger partial charge in [-0.1, -0.05) is 123 Å². The second-order valence-electron chi connectivity index (χ2n) is 13.4. The molecule has 230 valence electrons. The lowest BCUT2D eigenvalue weighted by atomic mass is 9.81. The molecule has 1 heterocycles. The maximum absolute atomic E-state index is 5.66. The highest BCUT2D eigenvalue weighted by molar-refractivity contribution is 6.13. The number of benzene rings is 7. The summed E-state index contributed by atoms with van der Waals surface area (Å²) < 4.78 is 8.14. The monoisotopic (exact) mass is 617 g/mol. The molecule has 0 saturated heterocycles. The number of hydrogen-bond acceptors (Lipinski definition) is 1. The zero-order valence-corrected chi connectivity index (χ0v) is 27.4. The fourth-order valence-corrected chi connectivity index (χ4v) is 7.93. The smallest absolute Gasteiger partial charge is 0.119 e. The van der Waals surface area contributed by atoms with Gasteiger partial charge in [0.25, 0.3) is 0 Å². The van der Waals surface area contributed by atoms with E-state index in [-0.39, 0.29) is 5.41 Å². The van der Waals surface area contributed by atoms with Gasteiger partial charge in [0.05, 0.1) is 18.1 Å². The molecular weight excluding hydrogens is 583 g/mol. The molecule has 2 heteroatoms. The van der Waals surface area contributed by atoms with Crippen LogP contribution < -0.4 is 4.74 Å². The van der Waals surface area contributed by atoms with Crippen LogP contribution in [0.5, 0.6) is 5.75 Å². The number of hydrogen-bond donors (Lipinski definition) is 0. The Bertz CT molecular complexity index is 2430. The minimum Gasteiger partial charge on any atom is -0.497 e. The van der Waals surface area contributed by atoms with Gasteiger partial charge < -0.3 is 9.30 Å². The van der Waals surface area contributed by atoms with Crippen LogP contribution in [0.25, 0.3) is 72.0 Å². The summed E-state index contributed by atoms with van der Waals surface area (Å²) in [5.74, 6) is 0.889. The Kier molecular flexibility index (Phi) is 6.42. The summed E-state index contributed by atoms with van der Waals surface area (Å²) in [6, 6.07) is 57.4. The molecule has 0 saturated carbocycles. The second kappa shape index (κ2) is 10.9. The quantitative estimate of drug-likeness (QED) is 0.187. The van der Waals surface area contributed by atoms with E-state index in [4.69, 9.17) is 4.74 Å². The van der Waals surface area contributed by atoms with Crippen molar-refractivity contribution in [2.45, 2.75) is 19.3 Å². The van der Waals surface area contributed by atoms with E-state index in [0.29, 0.717) is 0 Å². The Labute approximate surface area is 281 Å². The molecule has 1 aliphatic rings. The SMILES string of the molecule is COc1ccc2c(c1)-c1ccc3c4ccccc4n(-c4ccc(-c5cc(-c6ccccc6)cc(-c6ccccc6)c5)cc4)c3c1C2(C)C. The molecule has 8 aromatic rings. The predicted octanol–water partition coefficient (Wildman–Crippen LogP) is 12.1. The van der Waals surface area contributed by atoms with Gasteiger partial charge in [0.2, 0.25) is 0 Å². The van der Waals surface area contributed by atoms with Crippen LogP contribution in [-0.4, -0.2) is 11.7 Å². The topological polar surface area (TPSA) is 14.2 Å². The van der Waals surface area contributed by atoms with Crippen LogP contribution in [-0.2, 0) is 5.41 Å². The Morgan fingerprint density at radius 1 is 0.479 bits per heavy atom. The summed E-state index contributed by atoms with van der Waals surface area (Å²) in [6.45, 7) is 4.72. The van der Waals surface area contributed by atoms with Crippen molar-refractivity contribution in [2.24, 2.45) is 0 Å². The van der Waals surface area contributed by atoms with Crippen LogP contribution in [0.15, 0.2) is 158 Å². The van der Waals surface area contributed by atoms with Gasteiger partial charge in [-0.25, -0.2) is 0 Å². The first-order valence-electron chi connectivity index (χ1n) is 16.6. The lowest BCUT2D eigenvalue weighted by Crippen LogP contribution is -2.16. The van der Waals surface area contributed by atoms with Crippen molar-refractivity contribution >= 4 is 21.8 Å². The average molecular weight is 618 g/mol. The average Bonchev–Trinajstić information content (AvgIpc) is 3.60. The molecule has 0 bridgehead atoms. The van der Waals surface area contributed by atoms with E-state index >= 15 is 0 Å². The first kappa shape index (κ1) is 28.4. The van der Waals surface area contributed by atoms with Crippen LogP contribution in [0, 0.1) is 0 Å². The molecule has 0 radical (unpaired) electrons. The highest BCUT2D eigenvalue weighted by atomic mass is 16.5. The molecule has 1 aromatic heterocycles. The van der Waals surface area contributed by atoms with Crippen LogP contribution in [0.3, 0.4) is 0 Å². The first-order valence-corrected chi connectivity index (χ1v) is 16.6. The number of nitrogens with zero attached hydrogens (tertiary/aromatic N) is 1. The largest absolute Gasteiger partial charge is 0.497 e. The van der Waals surface area contributed by atoms with Crippen molar-refractivity contribution in [1.29, 1.82) is 0 Å². The Balaban J connectivity index is 1.23. The summed E-state index contributed by atoms with van der Waals surface area (Å²) >= 11 is 0. The lowest BCUT2D eigenvalue weighted by Gasteiger charge is -2.24. The van der Waals surface area contributed by atoms with E-state index in [1.165, 1.54) is 77.4 Å². The summed E-state index contributed by atoms with van der Waals surface area (Å²) in [4.78, 5) is 0. The van der Waals surface area contributed by atoms with Gasteiger partial charge in [-0.05, 0) is 104 Å². The highest BCUT2D eigenvalue weighted by Crippen LogP contribution is 2.53. The Hall–Kier alpha value is -5.86. The van der Waals surface area contributed by atoms with Crippen LogP contribution in [0.1, 0.15) is 25.0 Å². The van der Waals surface area contributed by atoms with Crippen molar-refractivity contribution in [3.8, 4) is 55.9 Å². The minimum absolute atomic E-state index is 0.172. The molecule has 9 rings (SSSR count). The Morgan fingerprint density at radius 2 is 1.06 bits per heavy atom. The maximum atomic E-state index is 5.66. The van der Waals surface area contributed by atoms with E-state index in [1.54, 1.807) is 7.11 Å². The summed E-state index contributed by atoms with van der Waals surface area (Å²) in [5, 5.41) is 2.55. The fourth-order valence-electron chi connectivity index (χ4n) is 7.93. The van der Waals surface area contributed by atoms with Crippen molar-refractivity contribution in [1.82, 2.24) is 4.57 Å². The maximum Gasteiger partial charge on any atom is 0.119 e. The first-order chi connectivity index (χ1) is 23.5. The van der Waals surface area contributed by atoms with E-state index in [0.717, 1.165) is 11.4 Å². The standard InChI is InChI=1S/C46H35NO/c1-46(2)42-25-22-37(48-3)29-41(42)39-23-24-40-38-16-10-11-17-43(38)47(45(40)44(39)46)36-20-18-32(19-21-36)35-27-33(30-12-6-4-7-13-30)26-34(28-35)31-14-8-5-9-15-31/h4-29H,1-3H3. The fraction of sp³-hybridized carbons (Fsp3) is 0.0870. The molecular formula is C46H35NO. The van der Waals surface area contributed by atoms with Crippen molar-refractivity contribution in [3.05, 3.63) is 169 Å². The van der Waals surface area contributed by atoms with Gasteiger partial charge in [-0.3, -0.25) is 0 Å². The van der Waals surface area contributed by atoms with E-state index in [2.05, 4.69) is 176 Å². The van der Waals surface area contributed by atoms with Crippen molar-refractivity contribution < 1.29 is 4.74 Å². The molecule has 1 aliphatic carbocycles. The van der Waals surface area contributed by atoms with Gasteiger partial charge in [0, 0.05) is 21.9 Å². The molecule has 48 heavy (non-hydrogen) atoms. The zero-order valence-electron chi connectivity index (χ0n) is 27.4. The van der Waals surface area contributed by atoms with Crippen molar-refractivity contribution in [3.63, 3.8) is 0 Å². The molecule has 2 nitrogen and oxygen atoms in total. The number of rotatable bonds is 5. The molecule has 0 spiro atoms. The van der Waals surface area contributed by atoms with Gasteiger partial charge in [0.15, 0.2) is 0 Å². The van der Waals surface area contributed by atoms with Crippen molar-refractivity contribution in [2.75, 3.05) is 7.11 Å². The van der Waals surface area contributed by atoms with Gasteiger partial charge in [0.1, 0.15) is 5.75 Å². The second-order valence-corrected chi connectivity index (χ2v) is 13.4. The molecule has 0 aliphatic heterocycles. The molecule has 0 N–H and O–H groups in total. The number of methoxy groups -OCH3 is 1. The molecule has 0 atom stereocenters. The summed E-state index contributed by atoms with van der Waals surface area (Å²) in [5.41, 5.74) is 16.0. The highest BCUT2D eigenvalue weighted by Gasteiger charge is 2.38. The predicted molar refractivity (Wildman–Crippen MR) is 201 cm³/mol. The number of aromatic nitrogens is 1. The molecule has 7 aromatic carbocycles. The van der Waals surface area contributed by atoms with Gasteiger partial charge in [-0.15, -0.1) is 0 Å². The minimum atomic E-state index is -0.172. The van der Waals surface area contributed by atoms with E-state index in [9.17, 15) is 0 Å². The van der Waals surface area contributed by atoms with Crippen LogP contribution in [0.2, 0.25) is 0 Å². The van der Waals surface area contributed by atoms with E-state index in [1.807, 2.05) is 0 Å². The van der Waals surface area contributed by atoms with Gasteiger partial charge in [-0.2, -0.15) is 0 Å². The Morgan fingerprint density at radius 3 is 1.69 bits per heavy atom. The van der Waals surface area contributed by atoms with Gasteiger partial charge >= 0.3 is 0 Å². The third-order valence-corrected chi connectivity index (χ3v) is 10.3. The zero-order chi connectivity index (χ0) is 32.4.